The van der Waals surface area contributed by atoms with Crippen LogP contribution in [0.25, 0.3) is 0 Å². The fraction of sp³-hybridized carbons (Fsp3) is 0.500. The molecule has 1 aromatic rings. The van der Waals surface area contributed by atoms with Gasteiger partial charge in [0.15, 0.2) is 5.78 Å². The Hall–Kier alpha value is -2.75. The number of aromatic hydroxyl groups is 1. The molecular weight excluding hydrogens is 406 g/mol. The van der Waals surface area contributed by atoms with Crippen molar-refractivity contribution in [2.45, 2.75) is 38.9 Å². The number of hydrogen-bond donors (Lipinski definition) is 4. The van der Waals surface area contributed by atoms with E-state index in [0.717, 1.165) is 6.42 Å². The number of phenolic OH excluding ortho intramolecular Hbond substituents is 1. The van der Waals surface area contributed by atoms with E-state index < -0.39 is 24.0 Å². The van der Waals surface area contributed by atoms with E-state index in [1.807, 2.05) is 13.8 Å². The molecule has 0 aliphatic carbocycles. The van der Waals surface area contributed by atoms with Gasteiger partial charge in [-0.1, -0.05) is 32.4 Å². The highest BCUT2D eigenvalue weighted by Crippen LogP contribution is 2.25. The molecule has 0 aliphatic heterocycles. The molecule has 9 nitrogen and oxygen atoms in total. The van der Waals surface area contributed by atoms with E-state index in [4.69, 9.17) is 0 Å². The molecule has 0 heterocycles. The molecule has 1 rings (SSSR count). The summed E-state index contributed by atoms with van der Waals surface area (Å²) in [7, 11) is 6.19. The molecule has 0 saturated carbocycles. The summed E-state index contributed by atoms with van der Waals surface area (Å²) >= 11 is 0. The van der Waals surface area contributed by atoms with Crippen LogP contribution in [0.2, 0.25) is 0 Å². The Balaban J connectivity index is 0. The van der Waals surface area contributed by atoms with E-state index in [0.29, 0.717) is 12.0 Å². The third-order valence-corrected chi connectivity index (χ3v) is 3.93. The van der Waals surface area contributed by atoms with Crippen LogP contribution >= 0.6 is 0 Å². The number of phenols is 1. The molecule has 176 valence electrons. The predicted octanol–water partition coefficient (Wildman–Crippen LogP) is 1.95. The van der Waals surface area contributed by atoms with E-state index in [9.17, 15) is 29.7 Å². The first kappa shape index (κ1) is 30.4. The fourth-order valence-electron chi connectivity index (χ4n) is 1.98. The zero-order valence-electron chi connectivity index (χ0n) is 19.0. The van der Waals surface area contributed by atoms with E-state index in [1.165, 1.54) is 19.3 Å². The Morgan fingerprint density at radius 2 is 1.77 bits per heavy atom. The zero-order valence-corrected chi connectivity index (χ0v) is 19.0. The van der Waals surface area contributed by atoms with Crippen molar-refractivity contribution < 1.29 is 39.2 Å². The summed E-state index contributed by atoms with van der Waals surface area (Å²) in [6, 6.07) is 4.77. The van der Waals surface area contributed by atoms with Gasteiger partial charge in [-0.15, -0.1) is 0 Å². The van der Waals surface area contributed by atoms with Gasteiger partial charge < -0.3 is 34.9 Å². The predicted molar refractivity (Wildman–Crippen MR) is 118 cm³/mol. The average molecular weight is 442 g/mol. The molecule has 0 aromatic heterocycles. The molecule has 0 radical (unpaired) electrons. The molecule has 31 heavy (non-hydrogen) atoms. The lowest BCUT2D eigenvalue weighted by atomic mass is 10.0. The molecule has 3 atom stereocenters. The maximum absolute atomic E-state index is 11.3. The molecule has 0 saturated heterocycles. The van der Waals surface area contributed by atoms with Gasteiger partial charge in [0, 0.05) is 27.7 Å². The van der Waals surface area contributed by atoms with E-state index in [1.54, 1.807) is 39.5 Å². The minimum atomic E-state index is -1.50. The Labute approximate surface area is 183 Å². The van der Waals surface area contributed by atoms with Crippen molar-refractivity contribution in [3.8, 4) is 5.75 Å². The number of carbonyl (C=O) groups is 3. The normalized spacial score (nSPS) is 12.9. The molecule has 0 spiro atoms. The number of rotatable bonds is 9. The van der Waals surface area contributed by atoms with E-state index in [-0.39, 0.29) is 23.7 Å². The quantitative estimate of drug-likeness (QED) is 0.257. The van der Waals surface area contributed by atoms with Crippen molar-refractivity contribution in [1.82, 2.24) is 0 Å². The topological polar surface area (TPSA) is 142 Å². The third-order valence-electron chi connectivity index (χ3n) is 3.93. The second kappa shape index (κ2) is 18.1. The van der Waals surface area contributed by atoms with Gasteiger partial charge in [-0.25, -0.2) is 4.79 Å². The van der Waals surface area contributed by atoms with Gasteiger partial charge in [-0.3, -0.25) is 4.79 Å². The fourth-order valence-corrected chi connectivity index (χ4v) is 1.98. The van der Waals surface area contributed by atoms with Crippen molar-refractivity contribution in [2.24, 2.45) is 5.92 Å². The van der Waals surface area contributed by atoms with Gasteiger partial charge in [-0.05, 0) is 24.1 Å². The van der Waals surface area contributed by atoms with Crippen LogP contribution in [0, 0.1) is 5.92 Å². The summed E-state index contributed by atoms with van der Waals surface area (Å²) in [6.45, 7) is 3.93. The van der Waals surface area contributed by atoms with Crippen molar-refractivity contribution >= 4 is 23.7 Å². The standard InChI is InChI=1S/C11H18O4.C9H11NO3.C2H6O/c1-3-8(2)4-5-9(13)11(15)10(14)6-7-12;1-10-6-4-3-5-7(11)8(6)9(12)13-2;1-3-2/h4-5,7-8,10-11,14-15H,3,6H2,1-2H3;3-5,10-11H,1-2H3;1-2H3/b5-4-;;/t8-,10-,11+;;/m0../s1. The summed E-state index contributed by atoms with van der Waals surface area (Å²) < 4.78 is 8.77. The minimum Gasteiger partial charge on any atom is -0.507 e. The number of aliphatic hydroxyl groups excluding tert-OH is 2. The van der Waals surface area contributed by atoms with Crippen molar-refractivity contribution in [3.63, 3.8) is 0 Å². The molecular formula is C22H35NO8. The number of carbonyl (C=O) groups excluding carboxylic acids is 3. The average Bonchev–Trinajstić information content (AvgIpc) is 2.76. The number of aliphatic hydroxyl groups is 2. The van der Waals surface area contributed by atoms with Crippen LogP contribution in [0.3, 0.4) is 0 Å². The van der Waals surface area contributed by atoms with Gasteiger partial charge in [0.05, 0.1) is 18.9 Å². The van der Waals surface area contributed by atoms with Crippen LogP contribution in [0.5, 0.6) is 5.75 Å². The molecule has 0 amide bonds. The minimum absolute atomic E-state index is 0.0845. The summed E-state index contributed by atoms with van der Waals surface area (Å²) in [5.74, 6) is -0.949. The van der Waals surface area contributed by atoms with Crippen molar-refractivity contribution in [2.75, 3.05) is 33.7 Å². The van der Waals surface area contributed by atoms with Crippen molar-refractivity contribution in [1.29, 1.82) is 0 Å². The Morgan fingerprint density at radius 3 is 2.23 bits per heavy atom. The maximum Gasteiger partial charge on any atom is 0.343 e. The molecule has 0 aliphatic rings. The summed E-state index contributed by atoms with van der Waals surface area (Å²) in [4.78, 5) is 32.5. The number of allylic oxidation sites excluding steroid dienone is 1. The zero-order chi connectivity index (χ0) is 24.4. The maximum atomic E-state index is 11.3. The number of esters is 1. The largest absolute Gasteiger partial charge is 0.507 e. The van der Waals surface area contributed by atoms with E-state index in [2.05, 4.69) is 14.8 Å². The molecule has 9 heteroatoms. The van der Waals surface area contributed by atoms with Crippen LogP contribution in [0.15, 0.2) is 30.4 Å². The Morgan fingerprint density at radius 1 is 1.19 bits per heavy atom. The molecule has 0 fully saturated rings. The smallest absolute Gasteiger partial charge is 0.343 e. The third kappa shape index (κ3) is 12.5. The first-order valence-electron chi connectivity index (χ1n) is 9.64. The highest BCUT2D eigenvalue weighted by atomic mass is 16.5. The van der Waals surface area contributed by atoms with Crippen LogP contribution in [0.1, 0.15) is 37.0 Å². The number of anilines is 1. The molecule has 0 bridgehead atoms. The summed E-state index contributed by atoms with van der Waals surface area (Å²) in [6.07, 6.45) is 1.26. The SMILES string of the molecule is CC[C@H](C)/C=C\C(=O)[C@@H](O)[C@@H](O)CC=O.CNc1cccc(O)c1C(=O)OC.COC. The lowest BCUT2D eigenvalue weighted by molar-refractivity contribution is -0.129. The number of ketones is 1. The lowest BCUT2D eigenvalue weighted by Crippen LogP contribution is -2.33. The Kier molecular flexibility index (Phi) is 17.7. The molecule has 4 N–H and O–H groups in total. The van der Waals surface area contributed by atoms with Gasteiger partial charge >= 0.3 is 5.97 Å². The highest BCUT2D eigenvalue weighted by molar-refractivity contribution is 5.98. The lowest BCUT2D eigenvalue weighted by Gasteiger charge is -2.12. The summed E-state index contributed by atoms with van der Waals surface area (Å²) in [5, 5.41) is 30.6. The first-order valence-corrected chi connectivity index (χ1v) is 9.64. The number of benzene rings is 1. The first-order chi connectivity index (χ1) is 14.6. The van der Waals surface area contributed by atoms with Crippen LogP contribution in [-0.4, -0.2) is 73.9 Å². The van der Waals surface area contributed by atoms with Crippen LogP contribution in [-0.2, 0) is 19.1 Å². The number of aldehydes is 1. The monoisotopic (exact) mass is 441 g/mol. The number of hydrogen-bond acceptors (Lipinski definition) is 9. The van der Waals surface area contributed by atoms with Crippen LogP contribution < -0.4 is 5.32 Å². The second-order valence-electron chi connectivity index (χ2n) is 6.41. The van der Waals surface area contributed by atoms with Gasteiger partial charge in [0.25, 0.3) is 0 Å². The summed E-state index contributed by atoms with van der Waals surface area (Å²) in [5.41, 5.74) is 0.708. The number of ether oxygens (including phenoxy) is 2. The highest BCUT2D eigenvalue weighted by Gasteiger charge is 2.21. The van der Waals surface area contributed by atoms with Gasteiger partial charge in [0.2, 0.25) is 0 Å². The van der Waals surface area contributed by atoms with Gasteiger partial charge in [0.1, 0.15) is 23.7 Å². The number of methoxy groups -OCH3 is 2. The molecule has 1 aromatic carbocycles. The molecule has 0 unspecified atom stereocenters. The van der Waals surface area contributed by atoms with E-state index >= 15 is 0 Å². The Bertz CT molecular complexity index is 690. The second-order valence-corrected chi connectivity index (χ2v) is 6.41. The van der Waals surface area contributed by atoms with Crippen molar-refractivity contribution in [3.05, 3.63) is 35.9 Å². The number of nitrogens with one attached hydrogen (secondary N) is 1. The van der Waals surface area contributed by atoms with Gasteiger partial charge in [-0.2, -0.15) is 0 Å². The van der Waals surface area contributed by atoms with Crippen LogP contribution in [0.4, 0.5) is 5.69 Å².